The van der Waals surface area contributed by atoms with Crippen LogP contribution in [-0.2, 0) is 27.8 Å². The van der Waals surface area contributed by atoms with Crippen LogP contribution in [0.4, 0.5) is 5.69 Å². The summed E-state index contributed by atoms with van der Waals surface area (Å²) >= 11 is 0. The van der Waals surface area contributed by atoms with Crippen LogP contribution in [0.25, 0.3) is 0 Å². The van der Waals surface area contributed by atoms with Gasteiger partial charge in [0.05, 0.1) is 4.90 Å². The molecular weight excluding hydrogens is 412 g/mol. The normalized spacial score (nSPS) is 15.0. The lowest BCUT2D eigenvalue weighted by atomic mass is 10.0. The van der Waals surface area contributed by atoms with E-state index >= 15 is 0 Å². The van der Waals surface area contributed by atoms with Crippen LogP contribution >= 0.6 is 0 Å². The van der Waals surface area contributed by atoms with Crippen LogP contribution in [0.3, 0.4) is 0 Å². The van der Waals surface area contributed by atoms with Crippen LogP contribution in [0, 0.1) is 0 Å². The van der Waals surface area contributed by atoms with Gasteiger partial charge in [-0.3, -0.25) is 4.79 Å². The molecule has 3 aromatic carbocycles. The average molecular weight is 437 g/mol. The highest BCUT2D eigenvalue weighted by Gasteiger charge is 2.28. The predicted octanol–water partition coefficient (Wildman–Crippen LogP) is 3.84. The minimum Gasteiger partial charge on any atom is -0.481 e. The van der Waals surface area contributed by atoms with Gasteiger partial charge in [0.25, 0.3) is 5.91 Å². The molecule has 1 N–H and O–H groups in total. The number of carbonyl (C=O) groups excluding carboxylic acids is 1. The molecule has 0 saturated carbocycles. The summed E-state index contributed by atoms with van der Waals surface area (Å²) in [7, 11) is -3.56. The highest BCUT2D eigenvalue weighted by Crippen LogP contribution is 2.27. The summed E-state index contributed by atoms with van der Waals surface area (Å²) in [5, 5.41) is 2.87. The SMILES string of the molecule is CC(Oc1ccccc1)C(=O)Nc1ccc2c(c1)CN(S(=O)(=O)c1ccccc1)CC2. The molecule has 6 nitrogen and oxygen atoms in total. The second-order valence-corrected chi connectivity index (χ2v) is 9.39. The number of amides is 1. The smallest absolute Gasteiger partial charge is 0.265 e. The molecule has 1 amide bonds. The van der Waals surface area contributed by atoms with E-state index in [2.05, 4.69) is 5.32 Å². The molecule has 1 aliphatic rings. The molecule has 0 spiro atoms. The first-order valence-electron chi connectivity index (χ1n) is 10.1. The highest BCUT2D eigenvalue weighted by atomic mass is 32.2. The Hall–Kier alpha value is -3.16. The van der Waals surface area contributed by atoms with Gasteiger partial charge < -0.3 is 10.1 Å². The standard InChI is InChI=1S/C24H24N2O4S/c1-18(30-22-8-4-2-5-9-22)24(27)25-21-13-12-19-14-15-26(17-20(19)16-21)31(28,29)23-10-6-3-7-11-23/h2-13,16,18H,14-15,17H2,1H3,(H,25,27). The minimum absolute atomic E-state index is 0.270. The third-order valence-corrected chi connectivity index (χ3v) is 7.12. The van der Waals surface area contributed by atoms with Crippen LogP contribution < -0.4 is 10.1 Å². The van der Waals surface area contributed by atoms with E-state index in [9.17, 15) is 13.2 Å². The number of nitrogens with zero attached hydrogens (tertiary/aromatic N) is 1. The zero-order valence-corrected chi connectivity index (χ0v) is 18.0. The zero-order chi connectivity index (χ0) is 21.8. The first-order valence-corrected chi connectivity index (χ1v) is 11.6. The maximum Gasteiger partial charge on any atom is 0.265 e. The van der Waals surface area contributed by atoms with E-state index in [1.54, 1.807) is 49.4 Å². The number of ether oxygens (including phenoxy) is 1. The molecule has 160 valence electrons. The lowest BCUT2D eigenvalue weighted by Gasteiger charge is -2.28. The quantitative estimate of drug-likeness (QED) is 0.637. The molecule has 31 heavy (non-hydrogen) atoms. The molecule has 1 aliphatic heterocycles. The van der Waals surface area contributed by atoms with Gasteiger partial charge in [-0.05, 0) is 60.9 Å². The summed E-state index contributed by atoms with van der Waals surface area (Å²) in [6, 6.07) is 23.2. The van der Waals surface area contributed by atoms with Gasteiger partial charge in [-0.25, -0.2) is 8.42 Å². The average Bonchev–Trinajstić information content (AvgIpc) is 2.79. The number of benzene rings is 3. The fourth-order valence-electron chi connectivity index (χ4n) is 3.56. The number of hydrogen-bond acceptors (Lipinski definition) is 4. The summed E-state index contributed by atoms with van der Waals surface area (Å²) in [5.74, 6) is 0.353. The van der Waals surface area contributed by atoms with E-state index in [0.29, 0.717) is 24.4 Å². The molecule has 1 heterocycles. The number of hydrogen-bond donors (Lipinski definition) is 1. The Morgan fingerprint density at radius 3 is 2.35 bits per heavy atom. The van der Waals surface area contributed by atoms with Crippen molar-refractivity contribution in [3.63, 3.8) is 0 Å². The second kappa shape index (κ2) is 8.91. The van der Waals surface area contributed by atoms with E-state index in [1.165, 1.54) is 4.31 Å². The number of fused-ring (bicyclic) bond motifs is 1. The van der Waals surface area contributed by atoms with Crippen molar-refractivity contribution in [1.82, 2.24) is 4.31 Å². The maximum absolute atomic E-state index is 13.0. The molecule has 0 bridgehead atoms. The van der Waals surface area contributed by atoms with Crippen LogP contribution in [-0.4, -0.2) is 31.3 Å². The topological polar surface area (TPSA) is 75.7 Å². The van der Waals surface area contributed by atoms with Gasteiger partial charge in [-0.2, -0.15) is 4.31 Å². The number of para-hydroxylation sites is 1. The predicted molar refractivity (Wildman–Crippen MR) is 119 cm³/mol. The van der Waals surface area contributed by atoms with Gasteiger partial charge in [0.2, 0.25) is 10.0 Å². The van der Waals surface area contributed by atoms with Gasteiger partial charge in [-0.1, -0.05) is 42.5 Å². The molecular formula is C24H24N2O4S. The first-order chi connectivity index (χ1) is 14.9. The molecule has 0 fully saturated rings. The molecule has 0 radical (unpaired) electrons. The molecule has 0 aliphatic carbocycles. The van der Waals surface area contributed by atoms with Crippen LogP contribution in [0.5, 0.6) is 5.75 Å². The van der Waals surface area contributed by atoms with Gasteiger partial charge in [-0.15, -0.1) is 0 Å². The van der Waals surface area contributed by atoms with Gasteiger partial charge in [0, 0.05) is 18.8 Å². The summed E-state index contributed by atoms with van der Waals surface area (Å²) in [4.78, 5) is 12.8. The van der Waals surface area contributed by atoms with E-state index in [1.807, 2.05) is 36.4 Å². The molecule has 7 heteroatoms. The Kier molecular flexibility index (Phi) is 6.06. The van der Waals surface area contributed by atoms with E-state index in [0.717, 1.165) is 11.1 Å². The lowest BCUT2D eigenvalue weighted by molar-refractivity contribution is -0.122. The van der Waals surface area contributed by atoms with Crippen molar-refractivity contribution in [2.24, 2.45) is 0 Å². The summed E-state index contributed by atoms with van der Waals surface area (Å²) < 4.78 is 33.1. The van der Waals surface area contributed by atoms with Crippen molar-refractivity contribution >= 4 is 21.6 Å². The summed E-state index contributed by atoms with van der Waals surface area (Å²) in [6.45, 7) is 2.39. The van der Waals surface area contributed by atoms with Crippen LogP contribution in [0.15, 0.2) is 83.8 Å². The van der Waals surface area contributed by atoms with Crippen molar-refractivity contribution in [3.05, 3.63) is 90.0 Å². The van der Waals surface area contributed by atoms with E-state index in [4.69, 9.17) is 4.74 Å². The third kappa shape index (κ3) is 4.78. The number of rotatable bonds is 6. The molecule has 0 saturated heterocycles. The largest absolute Gasteiger partial charge is 0.481 e. The van der Waals surface area contributed by atoms with Crippen molar-refractivity contribution < 1.29 is 17.9 Å². The van der Waals surface area contributed by atoms with Crippen LogP contribution in [0.1, 0.15) is 18.1 Å². The van der Waals surface area contributed by atoms with Crippen molar-refractivity contribution in [2.45, 2.75) is 30.9 Å². The first kappa shape index (κ1) is 21.1. The fraction of sp³-hybridized carbons (Fsp3) is 0.208. The lowest BCUT2D eigenvalue weighted by Crippen LogP contribution is -2.36. The molecule has 0 aromatic heterocycles. The van der Waals surface area contributed by atoms with Gasteiger partial charge >= 0.3 is 0 Å². The summed E-state index contributed by atoms with van der Waals surface area (Å²) in [6.07, 6.45) is -0.0447. The zero-order valence-electron chi connectivity index (χ0n) is 17.2. The number of anilines is 1. The minimum atomic E-state index is -3.56. The van der Waals surface area contributed by atoms with Gasteiger partial charge in [0.1, 0.15) is 5.75 Å². The number of sulfonamides is 1. The Labute approximate surface area is 182 Å². The summed E-state index contributed by atoms with van der Waals surface area (Å²) in [5.41, 5.74) is 2.59. The Morgan fingerprint density at radius 1 is 0.968 bits per heavy atom. The molecule has 3 aromatic rings. The fourth-order valence-corrected chi connectivity index (χ4v) is 5.00. The third-order valence-electron chi connectivity index (χ3n) is 5.26. The maximum atomic E-state index is 13.0. The number of nitrogens with one attached hydrogen (secondary N) is 1. The molecule has 1 atom stereocenters. The van der Waals surface area contributed by atoms with Crippen molar-refractivity contribution in [3.8, 4) is 5.75 Å². The highest BCUT2D eigenvalue weighted by molar-refractivity contribution is 7.89. The molecule has 4 rings (SSSR count). The van der Waals surface area contributed by atoms with Crippen molar-refractivity contribution in [1.29, 1.82) is 0 Å². The Morgan fingerprint density at radius 2 is 1.65 bits per heavy atom. The monoisotopic (exact) mass is 436 g/mol. The van der Waals surface area contributed by atoms with Gasteiger partial charge in [0.15, 0.2) is 6.10 Å². The Bertz CT molecular complexity index is 1160. The number of carbonyl (C=O) groups is 1. The van der Waals surface area contributed by atoms with E-state index < -0.39 is 16.1 Å². The van der Waals surface area contributed by atoms with E-state index in [-0.39, 0.29) is 17.3 Å². The van der Waals surface area contributed by atoms with Crippen molar-refractivity contribution in [2.75, 3.05) is 11.9 Å². The van der Waals surface area contributed by atoms with Crippen LogP contribution in [0.2, 0.25) is 0 Å². The second-order valence-electron chi connectivity index (χ2n) is 7.45. The molecule has 1 unspecified atom stereocenters. The Balaban J connectivity index is 1.46.